The Morgan fingerprint density at radius 2 is 1.97 bits per heavy atom. The molecule has 4 heterocycles. The third-order valence-electron chi connectivity index (χ3n) is 5.21. The lowest BCUT2D eigenvalue weighted by molar-refractivity contribution is 0.0688. The summed E-state index contributed by atoms with van der Waals surface area (Å²) < 4.78 is 6.05. The van der Waals surface area contributed by atoms with Crippen LogP contribution in [0.3, 0.4) is 0 Å². The van der Waals surface area contributed by atoms with E-state index in [0.29, 0.717) is 35.4 Å². The van der Waals surface area contributed by atoms with Gasteiger partial charge in [-0.15, -0.1) is 11.3 Å². The van der Waals surface area contributed by atoms with E-state index in [-0.39, 0.29) is 0 Å². The molecule has 4 rings (SSSR count). The third-order valence-corrected chi connectivity index (χ3v) is 6.33. The number of aromatic nitrogens is 4. The number of aryl methyl sites for hydroxylation is 1. The maximum Gasteiger partial charge on any atom is 0.160 e. The molecule has 0 amide bonds. The van der Waals surface area contributed by atoms with Gasteiger partial charge in [0.2, 0.25) is 0 Å². The Morgan fingerprint density at radius 1 is 1.18 bits per heavy atom. The first-order valence-electron chi connectivity index (χ1n) is 10.5. The second-order valence-electron chi connectivity index (χ2n) is 8.51. The van der Waals surface area contributed by atoms with Crippen LogP contribution in [-0.2, 0) is 16.9 Å². The molecule has 0 fully saturated rings. The maximum absolute atomic E-state index is 10.3. The molecule has 0 spiro atoms. The molecule has 0 saturated carbocycles. The molecular formula is C24H26ClN5O2S. The summed E-state index contributed by atoms with van der Waals surface area (Å²) in [4.78, 5) is 19.7. The van der Waals surface area contributed by atoms with Crippen molar-refractivity contribution >= 4 is 28.6 Å². The van der Waals surface area contributed by atoms with E-state index in [0.717, 1.165) is 33.4 Å². The third kappa shape index (κ3) is 5.24. The van der Waals surface area contributed by atoms with Crippen molar-refractivity contribution in [2.24, 2.45) is 0 Å². The van der Waals surface area contributed by atoms with Crippen molar-refractivity contribution in [3.8, 4) is 11.4 Å². The number of rotatable bonds is 6. The first-order valence-corrected chi connectivity index (χ1v) is 11.8. The van der Waals surface area contributed by atoms with Gasteiger partial charge in [-0.25, -0.2) is 15.0 Å². The molecule has 7 nitrogen and oxygen atoms in total. The fraction of sp³-hybridized carbons (Fsp3) is 0.333. The number of thiazole rings is 1. The molecule has 0 bridgehead atoms. The fourth-order valence-electron chi connectivity index (χ4n) is 3.47. The van der Waals surface area contributed by atoms with Gasteiger partial charge in [-0.05, 0) is 58.4 Å². The molecule has 3 aromatic rings. The summed E-state index contributed by atoms with van der Waals surface area (Å²) in [6.07, 6.45) is 5.27. The highest BCUT2D eigenvalue weighted by Crippen LogP contribution is 2.35. The van der Waals surface area contributed by atoms with Gasteiger partial charge in [0.25, 0.3) is 0 Å². The molecule has 1 N–H and O–H groups in total. The SMILES string of the molecule is CC1=CC(OCc2csc(C)n2)=C(C)CN1c1cc(-c2ccnc(C(C)(C)O)n2)ncc1Cl. The van der Waals surface area contributed by atoms with E-state index >= 15 is 0 Å². The first kappa shape index (κ1) is 23.4. The lowest BCUT2D eigenvalue weighted by Gasteiger charge is -2.31. The smallest absolute Gasteiger partial charge is 0.160 e. The van der Waals surface area contributed by atoms with Crippen LogP contribution in [0.1, 0.15) is 44.2 Å². The molecule has 0 atom stereocenters. The minimum Gasteiger partial charge on any atom is -0.487 e. The van der Waals surface area contributed by atoms with Crippen molar-refractivity contribution < 1.29 is 9.84 Å². The van der Waals surface area contributed by atoms with E-state index in [1.165, 1.54) is 0 Å². The molecule has 0 aliphatic carbocycles. The Labute approximate surface area is 202 Å². The van der Waals surface area contributed by atoms with Gasteiger partial charge in [0.1, 0.15) is 18.0 Å². The molecule has 3 aromatic heterocycles. The zero-order valence-corrected chi connectivity index (χ0v) is 20.8. The van der Waals surface area contributed by atoms with Crippen LogP contribution in [0, 0.1) is 6.92 Å². The number of anilines is 1. The standard InChI is InChI=1S/C24H26ClN5O2S/c1-14-11-30(15(2)8-22(14)32-12-17-13-33-16(3)28-17)21-9-20(27-10-18(21)25)19-6-7-26-23(29-19)24(4,5)31/h6-10,13,31H,11-12H2,1-5H3. The molecule has 0 unspecified atom stereocenters. The van der Waals surface area contributed by atoms with Gasteiger partial charge in [0.15, 0.2) is 5.82 Å². The number of halogens is 1. The number of pyridine rings is 1. The van der Waals surface area contributed by atoms with Crippen LogP contribution in [0.2, 0.25) is 5.02 Å². The number of nitrogens with zero attached hydrogens (tertiary/aromatic N) is 5. The van der Waals surface area contributed by atoms with Gasteiger partial charge < -0.3 is 14.7 Å². The van der Waals surface area contributed by atoms with E-state index in [1.807, 2.05) is 38.3 Å². The van der Waals surface area contributed by atoms with Crippen molar-refractivity contribution in [2.45, 2.75) is 46.8 Å². The van der Waals surface area contributed by atoms with E-state index in [9.17, 15) is 5.11 Å². The quantitative estimate of drug-likeness (QED) is 0.502. The van der Waals surface area contributed by atoms with Crippen molar-refractivity contribution in [3.05, 3.63) is 74.6 Å². The highest BCUT2D eigenvalue weighted by molar-refractivity contribution is 7.09. The Bertz CT molecular complexity index is 1250. The Balaban J connectivity index is 1.59. The molecular weight excluding hydrogens is 458 g/mol. The zero-order valence-electron chi connectivity index (χ0n) is 19.3. The minimum atomic E-state index is -1.15. The van der Waals surface area contributed by atoms with Gasteiger partial charge in [-0.1, -0.05) is 11.6 Å². The van der Waals surface area contributed by atoms with Gasteiger partial charge in [-0.2, -0.15) is 0 Å². The van der Waals surface area contributed by atoms with Crippen LogP contribution < -0.4 is 4.90 Å². The predicted molar refractivity (Wildman–Crippen MR) is 131 cm³/mol. The van der Waals surface area contributed by atoms with Crippen LogP contribution in [-0.4, -0.2) is 31.6 Å². The molecule has 33 heavy (non-hydrogen) atoms. The summed E-state index contributed by atoms with van der Waals surface area (Å²) in [7, 11) is 0. The van der Waals surface area contributed by atoms with Gasteiger partial charge >= 0.3 is 0 Å². The summed E-state index contributed by atoms with van der Waals surface area (Å²) in [6, 6.07) is 3.68. The minimum absolute atomic E-state index is 0.336. The highest BCUT2D eigenvalue weighted by atomic mass is 35.5. The molecule has 172 valence electrons. The molecule has 0 radical (unpaired) electrons. The lowest BCUT2D eigenvalue weighted by Crippen LogP contribution is -2.27. The number of ether oxygens (including phenoxy) is 1. The van der Waals surface area contributed by atoms with Crippen LogP contribution in [0.4, 0.5) is 5.69 Å². The van der Waals surface area contributed by atoms with Crippen LogP contribution in [0.15, 0.2) is 53.0 Å². The monoisotopic (exact) mass is 483 g/mol. The first-order chi connectivity index (χ1) is 15.6. The molecule has 1 aliphatic heterocycles. The number of allylic oxidation sites excluding steroid dienone is 2. The lowest BCUT2D eigenvalue weighted by atomic mass is 10.1. The molecule has 9 heteroatoms. The summed E-state index contributed by atoms with van der Waals surface area (Å²) in [5.41, 5.74) is 3.98. The highest BCUT2D eigenvalue weighted by Gasteiger charge is 2.23. The normalized spacial score (nSPS) is 14.5. The Kier molecular flexibility index (Phi) is 6.52. The van der Waals surface area contributed by atoms with E-state index in [1.54, 1.807) is 43.6 Å². The average Bonchev–Trinajstić information content (AvgIpc) is 3.19. The van der Waals surface area contributed by atoms with Gasteiger partial charge in [-0.3, -0.25) is 4.98 Å². The summed E-state index contributed by atoms with van der Waals surface area (Å²) >= 11 is 8.17. The number of hydrogen-bond acceptors (Lipinski definition) is 8. The molecule has 0 aromatic carbocycles. The Hall–Kier alpha value is -2.81. The maximum atomic E-state index is 10.3. The van der Waals surface area contributed by atoms with E-state index in [4.69, 9.17) is 16.3 Å². The second-order valence-corrected chi connectivity index (χ2v) is 9.98. The predicted octanol–water partition coefficient (Wildman–Crippen LogP) is 5.40. The summed E-state index contributed by atoms with van der Waals surface area (Å²) in [5.74, 6) is 1.19. The summed E-state index contributed by atoms with van der Waals surface area (Å²) in [6.45, 7) is 10.4. The fourth-order valence-corrected chi connectivity index (χ4v) is 4.27. The van der Waals surface area contributed by atoms with Crippen LogP contribution >= 0.6 is 22.9 Å². The number of aliphatic hydroxyl groups is 1. The molecule has 1 aliphatic rings. The van der Waals surface area contributed by atoms with Gasteiger partial charge in [0.05, 0.1) is 32.8 Å². The van der Waals surface area contributed by atoms with E-state index < -0.39 is 5.60 Å². The van der Waals surface area contributed by atoms with E-state index in [2.05, 4.69) is 24.8 Å². The molecule has 0 saturated heterocycles. The topological polar surface area (TPSA) is 84.3 Å². The zero-order chi connectivity index (χ0) is 23.8. The largest absolute Gasteiger partial charge is 0.487 e. The van der Waals surface area contributed by atoms with Crippen LogP contribution in [0.5, 0.6) is 0 Å². The number of hydrogen-bond donors (Lipinski definition) is 1. The van der Waals surface area contributed by atoms with Crippen LogP contribution in [0.25, 0.3) is 11.4 Å². The van der Waals surface area contributed by atoms with Crippen molar-refractivity contribution in [1.82, 2.24) is 19.9 Å². The van der Waals surface area contributed by atoms with Crippen molar-refractivity contribution in [1.29, 1.82) is 0 Å². The second kappa shape index (κ2) is 9.21. The summed E-state index contributed by atoms with van der Waals surface area (Å²) in [5, 5.41) is 13.9. The van der Waals surface area contributed by atoms with Gasteiger partial charge in [0, 0.05) is 30.0 Å². The van der Waals surface area contributed by atoms with Crippen molar-refractivity contribution in [2.75, 3.05) is 11.4 Å². The van der Waals surface area contributed by atoms with Crippen molar-refractivity contribution in [3.63, 3.8) is 0 Å². The Morgan fingerprint density at radius 3 is 2.67 bits per heavy atom. The average molecular weight is 484 g/mol.